The molecule has 0 aliphatic rings. The minimum atomic E-state index is -0.941. The summed E-state index contributed by atoms with van der Waals surface area (Å²) in [6, 6.07) is 2.16. The summed E-state index contributed by atoms with van der Waals surface area (Å²) in [5.41, 5.74) is 11.1. The topological polar surface area (TPSA) is 72.2 Å². The molecular weight excluding hydrogens is 228 g/mol. The molecule has 1 aromatic rings. The van der Waals surface area contributed by atoms with Gasteiger partial charge in [0.15, 0.2) is 0 Å². The fourth-order valence-corrected chi connectivity index (χ4v) is 2.06. The summed E-state index contributed by atoms with van der Waals surface area (Å²) in [6.45, 7) is 8.73. The van der Waals surface area contributed by atoms with Gasteiger partial charge >= 0.3 is 11.8 Å². The molecule has 0 saturated heterocycles. The number of carbonyl (C=O) groups excluding carboxylic acids is 2. The van der Waals surface area contributed by atoms with E-state index in [0.29, 0.717) is 13.0 Å². The van der Waals surface area contributed by atoms with E-state index < -0.39 is 11.8 Å². The van der Waals surface area contributed by atoms with Crippen LogP contribution in [0.2, 0.25) is 0 Å². The number of carbonyl (C=O) groups is 2. The number of rotatable bonds is 3. The van der Waals surface area contributed by atoms with Crippen LogP contribution in [0.15, 0.2) is 6.07 Å². The van der Waals surface area contributed by atoms with Gasteiger partial charge in [-0.2, -0.15) is 0 Å². The molecule has 0 aliphatic carbocycles. The van der Waals surface area contributed by atoms with E-state index in [1.165, 1.54) is 27.8 Å². The van der Waals surface area contributed by atoms with Crippen LogP contribution in [0.5, 0.6) is 0 Å². The van der Waals surface area contributed by atoms with Gasteiger partial charge in [-0.25, -0.2) is 0 Å². The molecule has 0 saturated carbocycles. The second-order valence-electron chi connectivity index (χ2n) is 4.61. The van der Waals surface area contributed by atoms with Crippen molar-refractivity contribution in [2.75, 3.05) is 6.54 Å². The molecule has 2 amide bonds. The molecule has 4 nitrogen and oxygen atoms in total. The highest BCUT2D eigenvalue weighted by atomic mass is 16.2. The highest BCUT2D eigenvalue weighted by Crippen LogP contribution is 2.21. The van der Waals surface area contributed by atoms with Crippen molar-refractivity contribution in [3.05, 3.63) is 33.9 Å². The predicted molar refractivity (Wildman–Crippen MR) is 71.3 cm³/mol. The average Bonchev–Trinajstić information content (AvgIpc) is 2.30. The maximum Gasteiger partial charge on any atom is 0.309 e. The molecule has 0 radical (unpaired) electrons. The van der Waals surface area contributed by atoms with Crippen molar-refractivity contribution in [3.63, 3.8) is 0 Å². The molecule has 3 N–H and O–H groups in total. The number of amides is 2. The van der Waals surface area contributed by atoms with E-state index in [1.54, 1.807) is 0 Å². The zero-order valence-corrected chi connectivity index (χ0v) is 11.4. The Balaban J connectivity index is 2.79. The van der Waals surface area contributed by atoms with E-state index in [-0.39, 0.29) is 0 Å². The Labute approximate surface area is 108 Å². The van der Waals surface area contributed by atoms with Crippen molar-refractivity contribution in [2.24, 2.45) is 5.73 Å². The van der Waals surface area contributed by atoms with Crippen LogP contribution in [0.25, 0.3) is 0 Å². The van der Waals surface area contributed by atoms with E-state index in [2.05, 4.69) is 39.1 Å². The summed E-state index contributed by atoms with van der Waals surface area (Å²) in [5, 5.41) is 2.51. The molecule has 1 rings (SSSR count). The van der Waals surface area contributed by atoms with Gasteiger partial charge < -0.3 is 11.1 Å². The van der Waals surface area contributed by atoms with Crippen LogP contribution in [-0.4, -0.2) is 18.4 Å². The second-order valence-corrected chi connectivity index (χ2v) is 4.61. The lowest BCUT2D eigenvalue weighted by atomic mass is 9.92. The summed E-state index contributed by atoms with van der Waals surface area (Å²) in [4.78, 5) is 21.6. The normalized spacial score (nSPS) is 10.2. The molecule has 0 aliphatic heterocycles. The monoisotopic (exact) mass is 248 g/mol. The van der Waals surface area contributed by atoms with Crippen LogP contribution in [0.4, 0.5) is 0 Å². The second kappa shape index (κ2) is 5.67. The molecular formula is C14H20N2O2. The highest BCUT2D eigenvalue weighted by Gasteiger charge is 2.10. The fourth-order valence-electron chi connectivity index (χ4n) is 2.06. The Hall–Kier alpha value is -1.84. The third-order valence-electron chi connectivity index (χ3n) is 3.41. The molecule has 0 aromatic heterocycles. The van der Waals surface area contributed by atoms with Crippen LogP contribution in [0.1, 0.15) is 27.8 Å². The van der Waals surface area contributed by atoms with Crippen molar-refractivity contribution in [1.29, 1.82) is 0 Å². The van der Waals surface area contributed by atoms with Crippen LogP contribution in [0, 0.1) is 27.7 Å². The van der Waals surface area contributed by atoms with Gasteiger partial charge in [0.25, 0.3) is 0 Å². The van der Waals surface area contributed by atoms with Crippen LogP contribution in [0.3, 0.4) is 0 Å². The number of primary amides is 1. The minimum Gasteiger partial charge on any atom is -0.361 e. The zero-order chi connectivity index (χ0) is 13.9. The molecule has 0 unspecified atom stereocenters. The Bertz CT molecular complexity index is 467. The molecule has 0 spiro atoms. The van der Waals surface area contributed by atoms with E-state index >= 15 is 0 Å². The summed E-state index contributed by atoms with van der Waals surface area (Å²) < 4.78 is 0. The third kappa shape index (κ3) is 3.09. The molecule has 0 heterocycles. The number of benzene rings is 1. The van der Waals surface area contributed by atoms with Gasteiger partial charge in [0.2, 0.25) is 0 Å². The van der Waals surface area contributed by atoms with Gasteiger partial charge in [0.05, 0.1) is 0 Å². The summed E-state index contributed by atoms with van der Waals surface area (Å²) >= 11 is 0. The number of nitrogens with one attached hydrogen (secondary N) is 1. The van der Waals surface area contributed by atoms with Crippen LogP contribution in [-0.2, 0) is 16.0 Å². The number of nitrogens with two attached hydrogens (primary N) is 1. The summed E-state index contributed by atoms with van der Waals surface area (Å²) in [5.74, 6) is -1.67. The zero-order valence-electron chi connectivity index (χ0n) is 11.4. The van der Waals surface area contributed by atoms with Gasteiger partial charge in [0, 0.05) is 6.54 Å². The Morgan fingerprint density at radius 2 is 1.61 bits per heavy atom. The Kier molecular flexibility index (Phi) is 4.48. The quantitative estimate of drug-likeness (QED) is 0.785. The van der Waals surface area contributed by atoms with E-state index in [0.717, 1.165) is 0 Å². The van der Waals surface area contributed by atoms with Crippen molar-refractivity contribution in [2.45, 2.75) is 34.1 Å². The standard InChI is InChI=1S/C14H20N2O2/c1-8-7-9(2)11(4)12(10(8)3)5-6-16-14(18)13(15)17/h7H,5-6H2,1-4H3,(H2,15,17)(H,16,18). The SMILES string of the molecule is Cc1cc(C)c(C)c(CCNC(=O)C(N)=O)c1C. The number of hydrogen-bond acceptors (Lipinski definition) is 2. The van der Waals surface area contributed by atoms with Gasteiger partial charge in [-0.1, -0.05) is 6.07 Å². The maximum atomic E-state index is 11.1. The van der Waals surface area contributed by atoms with Gasteiger partial charge in [-0.05, 0) is 61.9 Å². The Morgan fingerprint density at radius 3 is 2.06 bits per heavy atom. The first kappa shape index (κ1) is 14.2. The van der Waals surface area contributed by atoms with Gasteiger partial charge in [-0.15, -0.1) is 0 Å². The first-order chi connectivity index (χ1) is 8.34. The molecule has 18 heavy (non-hydrogen) atoms. The summed E-state index contributed by atoms with van der Waals surface area (Å²) in [7, 11) is 0. The summed E-state index contributed by atoms with van der Waals surface area (Å²) in [6.07, 6.45) is 0.708. The molecule has 98 valence electrons. The molecule has 1 aromatic carbocycles. The average molecular weight is 248 g/mol. The lowest BCUT2D eigenvalue weighted by Crippen LogP contribution is -2.37. The molecule has 0 fully saturated rings. The molecule has 0 atom stereocenters. The van der Waals surface area contributed by atoms with E-state index in [9.17, 15) is 9.59 Å². The van der Waals surface area contributed by atoms with Crippen LogP contribution >= 0.6 is 0 Å². The van der Waals surface area contributed by atoms with Crippen molar-refractivity contribution < 1.29 is 9.59 Å². The van der Waals surface area contributed by atoms with Gasteiger partial charge in [0.1, 0.15) is 0 Å². The lowest BCUT2D eigenvalue weighted by Gasteiger charge is -2.15. The maximum absolute atomic E-state index is 11.1. The van der Waals surface area contributed by atoms with Crippen molar-refractivity contribution in [3.8, 4) is 0 Å². The van der Waals surface area contributed by atoms with E-state index in [4.69, 9.17) is 5.73 Å². The molecule has 0 bridgehead atoms. The Morgan fingerprint density at radius 1 is 1.11 bits per heavy atom. The third-order valence-corrected chi connectivity index (χ3v) is 3.41. The largest absolute Gasteiger partial charge is 0.361 e. The number of hydrogen-bond donors (Lipinski definition) is 2. The number of aryl methyl sites for hydroxylation is 2. The minimum absolute atomic E-state index is 0.423. The first-order valence-electron chi connectivity index (χ1n) is 5.98. The van der Waals surface area contributed by atoms with Crippen molar-refractivity contribution >= 4 is 11.8 Å². The van der Waals surface area contributed by atoms with E-state index in [1.807, 2.05) is 0 Å². The molecule has 4 heteroatoms. The highest BCUT2D eigenvalue weighted by molar-refractivity contribution is 6.34. The predicted octanol–water partition coefficient (Wildman–Crippen LogP) is 1.06. The van der Waals surface area contributed by atoms with Crippen molar-refractivity contribution in [1.82, 2.24) is 5.32 Å². The van der Waals surface area contributed by atoms with Gasteiger partial charge in [-0.3, -0.25) is 9.59 Å². The first-order valence-corrected chi connectivity index (χ1v) is 5.98. The smallest absolute Gasteiger partial charge is 0.309 e. The fraction of sp³-hybridized carbons (Fsp3) is 0.429. The lowest BCUT2D eigenvalue weighted by molar-refractivity contribution is -0.137. The van der Waals surface area contributed by atoms with Crippen LogP contribution < -0.4 is 11.1 Å².